The molecule has 0 aliphatic carbocycles. The number of ether oxygens (including phenoxy) is 1. The van der Waals surface area contributed by atoms with Crippen LogP contribution in [0.25, 0.3) is 5.57 Å². The molecule has 6 nitrogen and oxygen atoms in total. The first-order valence-corrected chi connectivity index (χ1v) is 11.1. The fourth-order valence-corrected chi connectivity index (χ4v) is 3.60. The Morgan fingerprint density at radius 3 is 2.07 bits per heavy atom. The fourth-order valence-electron chi connectivity index (χ4n) is 2.67. The summed E-state index contributed by atoms with van der Waals surface area (Å²) < 4.78 is 28.5. The summed E-state index contributed by atoms with van der Waals surface area (Å²) in [6, 6.07) is 10.4. The van der Waals surface area contributed by atoms with Gasteiger partial charge in [0.05, 0.1) is 33.5 Å². The first-order chi connectivity index (χ1) is 13.5. The lowest BCUT2D eigenvalue weighted by Crippen LogP contribution is -2.14. The van der Waals surface area contributed by atoms with E-state index in [1.165, 1.54) is 36.4 Å². The number of rotatable bonds is 7. The molecule has 0 heterocycles. The van der Waals surface area contributed by atoms with E-state index in [0.717, 1.165) is 6.26 Å². The van der Waals surface area contributed by atoms with Crippen molar-refractivity contribution in [3.63, 3.8) is 0 Å². The number of benzene rings is 2. The molecule has 0 spiro atoms. The summed E-state index contributed by atoms with van der Waals surface area (Å²) in [4.78, 5) is 24.1. The molecule has 0 aliphatic heterocycles. The van der Waals surface area contributed by atoms with Gasteiger partial charge in [0, 0.05) is 6.26 Å². The lowest BCUT2D eigenvalue weighted by atomic mass is 9.91. The van der Waals surface area contributed by atoms with Crippen LogP contribution >= 0.6 is 23.2 Å². The number of carboxylic acids is 1. The summed E-state index contributed by atoms with van der Waals surface area (Å²) in [5.41, 5.74) is 1.05. The number of carbonyl (C=O) groups excluding carboxylic acids is 1. The Bertz CT molecular complexity index is 1070. The Balaban J connectivity index is 2.80. The molecule has 0 unspecified atom stereocenters. The van der Waals surface area contributed by atoms with E-state index >= 15 is 0 Å². The molecule has 9 heteroatoms. The van der Waals surface area contributed by atoms with E-state index in [0.29, 0.717) is 11.1 Å². The SMILES string of the molecule is CCOC(=O)/C(CC(=O)O)=C(\c1ccc(S(C)(=O)=O)cc1)c1ccc(Cl)c(Cl)c1. The van der Waals surface area contributed by atoms with Gasteiger partial charge < -0.3 is 9.84 Å². The zero-order valence-corrected chi connectivity index (χ0v) is 17.9. The van der Waals surface area contributed by atoms with Gasteiger partial charge in [-0.2, -0.15) is 0 Å². The number of carbonyl (C=O) groups is 2. The van der Waals surface area contributed by atoms with Crippen molar-refractivity contribution >= 4 is 50.6 Å². The Labute approximate surface area is 178 Å². The summed E-state index contributed by atoms with van der Waals surface area (Å²) >= 11 is 12.1. The summed E-state index contributed by atoms with van der Waals surface area (Å²) in [6.45, 7) is 1.67. The molecule has 0 saturated carbocycles. The minimum absolute atomic E-state index is 0.0591. The molecule has 0 radical (unpaired) electrons. The summed E-state index contributed by atoms with van der Waals surface area (Å²) in [6.07, 6.45) is 0.481. The lowest BCUT2D eigenvalue weighted by molar-refractivity contribution is -0.142. The van der Waals surface area contributed by atoms with E-state index in [1.807, 2.05) is 0 Å². The molecule has 154 valence electrons. The van der Waals surface area contributed by atoms with Gasteiger partial charge in [-0.25, -0.2) is 13.2 Å². The van der Waals surface area contributed by atoms with Crippen LogP contribution < -0.4 is 0 Å². The van der Waals surface area contributed by atoms with Gasteiger partial charge in [-0.15, -0.1) is 0 Å². The third-order valence-electron chi connectivity index (χ3n) is 3.93. The number of aliphatic carboxylic acids is 1. The fraction of sp³-hybridized carbons (Fsp3) is 0.200. The van der Waals surface area contributed by atoms with Gasteiger partial charge >= 0.3 is 11.9 Å². The molecule has 1 N–H and O–H groups in total. The molecule has 0 bridgehead atoms. The van der Waals surface area contributed by atoms with Crippen LogP contribution in [-0.4, -0.2) is 38.3 Å². The summed E-state index contributed by atoms with van der Waals surface area (Å²) in [7, 11) is -3.43. The smallest absolute Gasteiger partial charge is 0.335 e. The molecule has 0 aliphatic rings. The van der Waals surface area contributed by atoms with E-state index in [9.17, 15) is 23.1 Å². The van der Waals surface area contributed by atoms with Crippen molar-refractivity contribution in [3.05, 3.63) is 69.2 Å². The normalized spacial score (nSPS) is 12.3. The van der Waals surface area contributed by atoms with Gasteiger partial charge in [-0.3, -0.25) is 4.79 Å². The highest BCUT2D eigenvalue weighted by atomic mass is 35.5. The maximum atomic E-state index is 12.5. The van der Waals surface area contributed by atoms with Crippen LogP contribution in [0.2, 0.25) is 10.0 Å². The van der Waals surface area contributed by atoms with Crippen molar-refractivity contribution in [1.82, 2.24) is 0 Å². The van der Waals surface area contributed by atoms with Gasteiger partial charge in [0.25, 0.3) is 0 Å². The van der Waals surface area contributed by atoms with Gasteiger partial charge in [0.15, 0.2) is 9.84 Å². The minimum Gasteiger partial charge on any atom is -0.481 e. The molecule has 29 heavy (non-hydrogen) atoms. The third-order valence-corrected chi connectivity index (χ3v) is 5.80. The highest BCUT2D eigenvalue weighted by Gasteiger charge is 2.23. The van der Waals surface area contributed by atoms with E-state index < -0.39 is 28.2 Å². The quantitative estimate of drug-likeness (QED) is 0.494. The predicted octanol–water partition coefficient (Wildman–Crippen LogP) is 4.24. The van der Waals surface area contributed by atoms with Crippen LogP contribution in [-0.2, 0) is 24.2 Å². The van der Waals surface area contributed by atoms with Gasteiger partial charge in [-0.1, -0.05) is 41.4 Å². The Morgan fingerprint density at radius 1 is 1.00 bits per heavy atom. The maximum Gasteiger partial charge on any atom is 0.335 e. The summed E-state index contributed by atoms with van der Waals surface area (Å²) in [5, 5.41) is 9.83. The van der Waals surface area contributed by atoms with Crippen LogP contribution in [0.3, 0.4) is 0 Å². The van der Waals surface area contributed by atoms with Crippen molar-refractivity contribution in [3.8, 4) is 0 Å². The molecule has 0 fully saturated rings. The van der Waals surface area contributed by atoms with Gasteiger partial charge in [-0.05, 0) is 47.9 Å². The molecule has 2 aromatic carbocycles. The number of hydrogen-bond donors (Lipinski definition) is 1. The van der Waals surface area contributed by atoms with Gasteiger partial charge in [0.1, 0.15) is 0 Å². The highest BCUT2D eigenvalue weighted by molar-refractivity contribution is 7.90. The van der Waals surface area contributed by atoms with Crippen molar-refractivity contribution in [2.24, 2.45) is 0 Å². The monoisotopic (exact) mass is 456 g/mol. The number of esters is 1. The Hall–Kier alpha value is -2.35. The molecule has 2 rings (SSSR count). The van der Waals surface area contributed by atoms with Crippen LogP contribution in [0.5, 0.6) is 0 Å². The van der Waals surface area contributed by atoms with E-state index in [1.54, 1.807) is 13.0 Å². The zero-order chi connectivity index (χ0) is 21.8. The first-order valence-electron chi connectivity index (χ1n) is 8.42. The van der Waals surface area contributed by atoms with Crippen molar-refractivity contribution in [1.29, 1.82) is 0 Å². The average Bonchev–Trinajstić information content (AvgIpc) is 2.63. The van der Waals surface area contributed by atoms with E-state index in [2.05, 4.69) is 0 Å². The molecular formula is C20H18Cl2O6S. The maximum absolute atomic E-state index is 12.5. The van der Waals surface area contributed by atoms with Crippen molar-refractivity contribution in [2.75, 3.05) is 12.9 Å². The van der Waals surface area contributed by atoms with Crippen molar-refractivity contribution < 1.29 is 27.9 Å². The Morgan fingerprint density at radius 2 is 1.59 bits per heavy atom. The second-order valence-electron chi connectivity index (χ2n) is 6.07. The second-order valence-corrected chi connectivity index (χ2v) is 8.90. The lowest BCUT2D eigenvalue weighted by Gasteiger charge is -2.16. The molecule has 0 amide bonds. The van der Waals surface area contributed by atoms with E-state index in [-0.39, 0.29) is 32.7 Å². The first kappa shape index (κ1) is 22.9. The average molecular weight is 457 g/mol. The molecule has 0 atom stereocenters. The van der Waals surface area contributed by atoms with Crippen LogP contribution in [0.15, 0.2) is 52.9 Å². The summed E-state index contributed by atoms with van der Waals surface area (Å²) in [5.74, 6) is -2.01. The van der Waals surface area contributed by atoms with Crippen LogP contribution in [0.1, 0.15) is 24.5 Å². The Kier molecular flexibility index (Phi) is 7.46. The number of sulfone groups is 1. The molecule has 0 aromatic heterocycles. The number of halogens is 2. The minimum atomic E-state index is -3.43. The largest absolute Gasteiger partial charge is 0.481 e. The second kappa shape index (κ2) is 9.43. The third kappa shape index (κ3) is 5.82. The van der Waals surface area contributed by atoms with Crippen LogP contribution in [0.4, 0.5) is 0 Å². The van der Waals surface area contributed by atoms with Crippen molar-refractivity contribution in [2.45, 2.75) is 18.2 Å². The topological polar surface area (TPSA) is 97.7 Å². The number of hydrogen-bond acceptors (Lipinski definition) is 5. The molecule has 0 saturated heterocycles. The predicted molar refractivity (Wildman–Crippen MR) is 111 cm³/mol. The standard InChI is InChI=1S/C20H18Cl2O6S/c1-3-28-20(25)15(11-18(23)24)19(13-6-9-16(21)17(22)10-13)12-4-7-14(8-5-12)29(2,26)27/h4-10H,3,11H2,1-2H3,(H,23,24)/b19-15+. The van der Waals surface area contributed by atoms with Gasteiger partial charge in [0.2, 0.25) is 0 Å². The molecule has 2 aromatic rings. The highest BCUT2D eigenvalue weighted by Crippen LogP contribution is 2.33. The van der Waals surface area contributed by atoms with E-state index in [4.69, 9.17) is 27.9 Å². The zero-order valence-electron chi connectivity index (χ0n) is 15.6. The molecular weight excluding hydrogens is 439 g/mol. The number of carboxylic acid groups (broad SMARTS) is 1. The van der Waals surface area contributed by atoms with Crippen LogP contribution in [0, 0.1) is 0 Å².